The van der Waals surface area contributed by atoms with Gasteiger partial charge in [0.1, 0.15) is 12.4 Å². The molecule has 22 heavy (non-hydrogen) atoms. The molecule has 6 heteroatoms. The topological polar surface area (TPSA) is 31.2 Å². The van der Waals surface area contributed by atoms with Crippen LogP contribution < -0.4 is 10.3 Å². The monoisotopic (exact) mass is 327 g/mol. The zero-order chi connectivity index (χ0) is 16.3. The maximum absolute atomic E-state index is 12.6. The highest BCUT2D eigenvalue weighted by atomic mass is 32.1. The first-order valence-electron chi connectivity index (χ1n) is 7.13. The van der Waals surface area contributed by atoms with Gasteiger partial charge in [0.15, 0.2) is 0 Å². The van der Waals surface area contributed by atoms with Gasteiger partial charge in [-0.25, -0.2) is 8.78 Å². The van der Waals surface area contributed by atoms with Crippen LogP contribution in [0.5, 0.6) is 5.75 Å². The molecular formula is C16H19F2NO2S. The first-order valence-corrected chi connectivity index (χ1v) is 7.77. The summed E-state index contributed by atoms with van der Waals surface area (Å²) in [6, 6.07) is 5.33. The lowest BCUT2D eigenvalue weighted by molar-refractivity contribution is 0.0822. The van der Waals surface area contributed by atoms with E-state index in [2.05, 4.69) is 12.6 Å². The van der Waals surface area contributed by atoms with Crippen molar-refractivity contribution in [2.45, 2.75) is 32.7 Å². The molecule has 0 bridgehead atoms. The quantitative estimate of drug-likeness (QED) is 0.820. The van der Waals surface area contributed by atoms with E-state index in [1.807, 2.05) is 19.9 Å². The summed E-state index contributed by atoms with van der Waals surface area (Å²) in [5, 5.41) is 1.05. The maximum atomic E-state index is 12.6. The Morgan fingerprint density at radius 2 is 2.00 bits per heavy atom. The molecule has 0 amide bonds. The minimum absolute atomic E-state index is 0.0839. The number of ether oxygens (including phenoxy) is 1. The predicted octanol–water partition coefficient (Wildman–Crippen LogP) is 3.70. The van der Waals surface area contributed by atoms with Crippen molar-refractivity contribution in [3.63, 3.8) is 0 Å². The lowest BCUT2D eigenvalue weighted by atomic mass is 10.1. The lowest BCUT2D eigenvalue weighted by Crippen LogP contribution is -2.22. The van der Waals surface area contributed by atoms with Gasteiger partial charge in [-0.3, -0.25) is 4.79 Å². The van der Waals surface area contributed by atoms with Crippen LogP contribution in [0, 0.1) is 0 Å². The molecule has 1 heterocycles. The number of thiol groups is 1. The number of aromatic nitrogens is 1. The highest BCUT2D eigenvalue weighted by molar-refractivity contribution is 7.80. The number of nitrogens with zero attached hydrogens (tertiary/aromatic N) is 1. The molecule has 0 N–H and O–H groups in total. The Hall–Kier alpha value is -1.56. The van der Waals surface area contributed by atoms with E-state index in [0.29, 0.717) is 22.3 Å². The highest BCUT2D eigenvalue weighted by Crippen LogP contribution is 2.26. The Kier molecular flexibility index (Phi) is 5.45. The number of alkyl halides is 2. The van der Waals surface area contributed by atoms with Crippen molar-refractivity contribution in [3.8, 4) is 5.75 Å². The summed E-state index contributed by atoms with van der Waals surface area (Å²) >= 11 is 4.19. The van der Waals surface area contributed by atoms with Gasteiger partial charge in [0.25, 0.3) is 12.0 Å². The van der Waals surface area contributed by atoms with Crippen LogP contribution >= 0.6 is 12.6 Å². The number of fused-ring (bicyclic) bond motifs is 1. The molecule has 0 aliphatic heterocycles. The number of pyridine rings is 1. The zero-order valence-electron chi connectivity index (χ0n) is 12.6. The van der Waals surface area contributed by atoms with Gasteiger partial charge in [0.05, 0.1) is 11.6 Å². The van der Waals surface area contributed by atoms with Crippen molar-refractivity contribution >= 4 is 23.4 Å². The summed E-state index contributed by atoms with van der Waals surface area (Å²) in [5.74, 6) is 0.979. The molecule has 0 aliphatic carbocycles. The fraction of sp³-hybridized carbons (Fsp3) is 0.438. The van der Waals surface area contributed by atoms with Crippen LogP contribution in [0.25, 0.3) is 10.8 Å². The molecule has 1 aromatic carbocycles. The largest absolute Gasteiger partial charge is 0.485 e. The molecule has 0 aliphatic rings. The van der Waals surface area contributed by atoms with Crippen molar-refractivity contribution in [1.82, 2.24) is 4.57 Å². The van der Waals surface area contributed by atoms with Gasteiger partial charge in [-0.15, -0.1) is 0 Å². The van der Waals surface area contributed by atoms with Crippen LogP contribution in [-0.4, -0.2) is 23.4 Å². The van der Waals surface area contributed by atoms with Crippen LogP contribution in [-0.2, 0) is 6.42 Å². The summed E-state index contributed by atoms with van der Waals surface area (Å²) < 4.78 is 31.6. The van der Waals surface area contributed by atoms with Gasteiger partial charge in [-0.05, 0) is 37.7 Å². The van der Waals surface area contributed by atoms with Gasteiger partial charge >= 0.3 is 0 Å². The van der Waals surface area contributed by atoms with Crippen LogP contribution in [0.1, 0.15) is 25.5 Å². The second-order valence-corrected chi connectivity index (χ2v) is 5.80. The summed E-state index contributed by atoms with van der Waals surface area (Å²) in [5.41, 5.74) is 0.844. The van der Waals surface area contributed by atoms with Gasteiger partial charge in [0.2, 0.25) is 0 Å². The lowest BCUT2D eigenvalue weighted by Gasteiger charge is -2.16. The van der Waals surface area contributed by atoms with Crippen LogP contribution in [0.2, 0.25) is 0 Å². The van der Waals surface area contributed by atoms with Gasteiger partial charge in [0, 0.05) is 11.4 Å². The average Bonchev–Trinajstić information content (AvgIpc) is 2.46. The Morgan fingerprint density at radius 3 is 2.59 bits per heavy atom. The minimum Gasteiger partial charge on any atom is -0.485 e. The summed E-state index contributed by atoms with van der Waals surface area (Å²) in [4.78, 5) is 12.6. The first-order chi connectivity index (χ1) is 10.4. The number of hydrogen-bond acceptors (Lipinski definition) is 3. The molecule has 0 atom stereocenters. The van der Waals surface area contributed by atoms with Crippen molar-refractivity contribution in [2.24, 2.45) is 0 Å². The second-order valence-electron chi connectivity index (χ2n) is 5.36. The standard InChI is InChI=1S/C16H19F2NO2S/c1-10(2)19-8-14(21-9-15(17)18)12-4-3-11(5-6-22)7-13(12)16(19)20/h3-4,7-8,10,15,22H,5-6,9H2,1-2H3. The fourth-order valence-corrected chi connectivity index (χ4v) is 2.57. The van der Waals surface area contributed by atoms with Gasteiger partial charge < -0.3 is 9.30 Å². The third-order valence-electron chi connectivity index (χ3n) is 3.39. The van der Waals surface area contributed by atoms with E-state index in [1.165, 1.54) is 10.8 Å². The molecule has 3 nitrogen and oxygen atoms in total. The van der Waals surface area contributed by atoms with Crippen LogP contribution in [0.15, 0.2) is 29.2 Å². The van der Waals surface area contributed by atoms with Crippen LogP contribution in [0.4, 0.5) is 8.78 Å². The summed E-state index contributed by atoms with van der Waals surface area (Å²) in [7, 11) is 0. The number of rotatable bonds is 6. The van der Waals surface area contributed by atoms with E-state index in [1.54, 1.807) is 12.1 Å². The molecule has 0 radical (unpaired) electrons. The van der Waals surface area contributed by atoms with E-state index in [9.17, 15) is 13.6 Å². The van der Waals surface area contributed by atoms with Gasteiger partial charge in [-0.1, -0.05) is 12.1 Å². The third-order valence-corrected chi connectivity index (χ3v) is 3.62. The molecule has 0 saturated heterocycles. The molecule has 2 rings (SSSR count). The van der Waals surface area contributed by atoms with Gasteiger partial charge in [-0.2, -0.15) is 12.6 Å². The van der Waals surface area contributed by atoms with Crippen LogP contribution in [0.3, 0.4) is 0 Å². The van der Waals surface area contributed by atoms with Crippen molar-refractivity contribution in [3.05, 3.63) is 40.3 Å². The molecule has 2 aromatic rings. The Morgan fingerprint density at radius 1 is 1.27 bits per heavy atom. The van der Waals surface area contributed by atoms with E-state index in [4.69, 9.17) is 4.74 Å². The molecule has 0 fully saturated rings. The average molecular weight is 327 g/mol. The van der Waals surface area contributed by atoms with E-state index < -0.39 is 13.0 Å². The normalized spacial score (nSPS) is 11.6. The zero-order valence-corrected chi connectivity index (χ0v) is 13.4. The third kappa shape index (κ3) is 3.61. The minimum atomic E-state index is -2.56. The molecule has 0 unspecified atom stereocenters. The maximum Gasteiger partial charge on any atom is 0.272 e. The fourth-order valence-electron chi connectivity index (χ4n) is 2.31. The Labute approximate surface area is 133 Å². The molecule has 120 valence electrons. The van der Waals surface area contributed by atoms with E-state index in [-0.39, 0.29) is 11.6 Å². The molecule has 0 spiro atoms. The summed E-state index contributed by atoms with van der Waals surface area (Å²) in [6.07, 6.45) is -0.309. The Bertz CT molecular complexity index is 713. The highest BCUT2D eigenvalue weighted by Gasteiger charge is 2.14. The summed E-state index contributed by atoms with van der Waals surface area (Å²) in [6.45, 7) is 3.03. The van der Waals surface area contributed by atoms with E-state index >= 15 is 0 Å². The molecular weight excluding hydrogens is 308 g/mol. The first kappa shape index (κ1) is 16.8. The Balaban J connectivity index is 2.62. The molecule has 1 aromatic heterocycles. The van der Waals surface area contributed by atoms with E-state index in [0.717, 1.165) is 12.0 Å². The SMILES string of the molecule is CC(C)n1cc(OCC(F)F)c2ccc(CCS)cc2c1=O. The predicted molar refractivity (Wildman–Crippen MR) is 87.6 cm³/mol. The second kappa shape index (κ2) is 7.13. The number of aryl methyl sites for hydroxylation is 1. The number of benzene rings is 1. The van der Waals surface area contributed by atoms with Crippen molar-refractivity contribution in [1.29, 1.82) is 0 Å². The molecule has 0 saturated carbocycles. The van der Waals surface area contributed by atoms with Crippen molar-refractivity contribution in [2.75, 3.05) is 12.4 Å². The smallest absolute Gasteiger partial charge is 0.272 e. The van der Waals surface area contributed by atoms with Crippen molar-refractivity contribution < 1.29 is 13.5 Å². The number of halogens is 2. The number of hydrogen-bond donors (Lipinski definition) is 1.